The summed E-state index contributed by atoms with van der Waals surface area (Å²) in [4.78, 5) is 11.0. The molecule has 0 spiro atoms. The van der Waals surface area contributed by atoms with Crippen molar-refractivity contribution in [1.82, 2.24) is 0 Å². The summed E-state index contributed by atoms with van der Waals surface area (Å²) >= 11 is 0. The molecule has 0 heterocycles. The lowest BCUT2D eigenvalue weighted by atomic mass is 9.98. The molecule has 0 amide bonds. The lowest BCUT2D eigenvalue weighted by Gasteiger charge is -2.23. The van der Waals surface area contributed by atoms with Crippen molar-refractivity contribution in [3.05, 3.63) is 35.9 Å². The van der Waals surface area contributed by atoms with Gasteiger partial charge in [-0.2, -0.15) is 0 Å². The molecular weight excluding hydrogens is 232 g/mol. The lowest BCUT2D eigenvalue weighted by molar-refractivity contribution is -0.146. The molecule has 100 valence electrons. The third-order valence-electron chi connectivity index (χ3n) is 2.75. The first kappa shape index (κ1) is 14.6. The average molecular weight is 252 g/mol. The number of aliphatic carboxylic acids is 1. The Hall–Kier alpha value is -1.43. The number of hydrogen-bond acceptors (Lipinski definition) is 4. The molecule has 0 aliphatic rings. The fraction of sp³-hybridized carbons (Fsp3) is 0.462. The molecule has 1 aromatic rings. The predicted octanol–water partition coefficient (Wildman–Crippen LogP) is 0.377. The molecule has 0 bridgehead atoms. The van der Waals surface area contributed by atoms with Gasteiger partial charge in [0.1, 0.15) is 5.54 Å². The first-order chi connectivity index (χ1) is 8.58. The Balaban J connectivity index is 2.34. The number of hydrogen-bond donors (Lipinski definition) is 3. The minimum atomic E-state index is -1.38. The molecule has 1 atom stereocenters. The number of benzene rings is 1. The van der Waals surface area contributed by atoms with Crippen LogP contribution in [0, 0.1) is 0 Å². The average Bonchev–Trinajstić information content (AvgIpc) is 2.36. The Kier molecular flexibility index (Phi) is 5.77. The molecule has 5 heteroatoms. The molecule has 18 heavy (non-hydrogen) atoms. The Morgan fingerprint density at radius 1 is 1.33 bits per heavy atom. The van der Waals surface area contributed by atoms with Crippen molar-refractivity contribution < 1.29 is 14.6 Å². The highest BCUT2D eigenvalue weighted by Gasteiger charge is 2.33. The van der Waals surface area contributed by atoms with Crippen molar-refractivity contribution in [3.63, 3.8) is 0 Å². The molecule has 0 aliphatic carbocycles. The van der Waals surface area contributed by atoms with Crippen molar-refractivity contribution >= 4 is 5.97 Å². The Labute approximate surface area is 107 Å². The van der Waals surface area contributed by atoms with Crippen molar-refractivity contribution in [2.75, 3.05) is 19.8 Å². The fourth-order valence-corrected chi connectivity index (χ4v) is 1.59. The van der Waals surface area contributed by atoms with Gasteiger partial charge in [-0.25, -0.2) is 0 Å². The maximum atomic E-state index is 11.0. The normalized spacial score (nSPS) is 14.1. The van der Waals surface area contributed by atoms with Crippen LogP contribution in [-0.4, -0.2) is 36.4 Å². The van der Waals surface area contributed by atoms with E-state index in [-0.39, 0.29) is 19.6 Å². The Bertz CT molecular complexity index is 370. The summed E-state index contributed by atoms with van der Waals surface area (Å²) in [7, 11) is 0. The van der Waals surface area contributed by atoms with E-state index in [0.29, 0.717) is 6.61 Å². The SMILES string of the molecule is NCCC(N)(COCCc1ccccc1)C(=O)O. The molecule has 1 aromatic carbocycles. The van der Waals surface area contributed by atoms with Crippen LogP contribution in [0.1, 0.15) is 12.0 Å². The second-order valence-corrected chi connectivity index (χ2v) is 4.29. The minimum Gasteiger partial charge on any atom is -0.480 e. The monoisotopic (exact) mass is 252 g/mol. The van der Waals surface area contributed by atoms with Crippen LogP contribution in [0.4, 0.5) is 0 Å². The molecular formula is C13H20N2O3. The zero-order chi connectivity index (χ0) is 13.4. The highest BCUT2D eigenvalue weighted by atomic mass is 16.5. The molecule has 0 fully saturated rings. The number of nitrogens with two attached hydrogens (primary N) is 2. The number of carboxylic acids is 1. The van der Waals surface area contributed by atoms with Gasteiger partial charge in [0.25, 0.3) is 0 Å². The van der Waals surface area contributed by atoms with Crippen LogP contribution in [-0.2, 0) is 16.0 Å². The predicted molar refractivity (Wildman–Crippen MR) is 69.2 cm³/mol. The van der Waals surface area contributed by atoms with Crippen LogP contribution in [0.15, 0.2) is 30.3 Å². The molecule has 1 rings (SSSR count). The number of rotatable bonds is 8. The smallest absolute Gasteiger partial charge is 0.326 e. The molecule has 5 nitrogen and oxygen atoms in total. The van der Waals surface area contributed by atoms with Crippen LogP contribution >= 0.6 is 0 Å². The zero-order valence-electron chi connectivity index (χ0n) is 10.3. The summed E-state index contributed by atoms with van der Waals surface area (Å²) < 4.78 is 5.36. The van der Waals surface area contributed by atoms with Crippen LogP contribution in [0.5, 0.6) is 0 Å². The molecule has 5 N–H and O–H groups in total. The van der Waals surface area contributed by atoms with Gasteiger partial charge in [-0.05, 0) is 24.9 Å². The summed E-state index contributed by atoms with van der Waals surface area (Å²) in [5, 5.41) is 9.02. The molecule has 1 unspecified atom stereocenters. The van der Waals surface area contributed by atoms with E-state index in [9.17, 15) is 4.79 Å². The first-order valence-electron chi connectivity index (χ1n) is 5.92. The van der Waals surface area contributed by atoms with E-state index >= 15 is 0 Å². The van der Waals surface area contributed by atoms with Crippen LogP contribution in [0.25, 0.3) is 0 Å². The van der Waals surface area contributed by atoms with Crippen LogP contribution < -0.4 is 11.5 Å². The summed E-state index contributed by atoms with van der Waals surface area (Å²) in [6.45, 7) is 0.651. The topological polar surface area (TPSA) is 98.6 Å². The van der Waals surface area contributed by atoms with E-state index in [1.165, 1.54) is 0 Å². The first-order valence-corrected chi connectivity index (χ1v) is 5.92. The van der Waals surface area contributed by atoms with Gasteiger partial charge >= 0.3 is 5.97 Å². The number of carbonyl (C=O) groups is 1. The molecule has 0 aromatic heterocycles. The van der Waals surface area contributed by atoms with Crippen molar-refractivity contribution in [1.29, 1.82) is 0 Å². The summed E-state index contributed by atoms with van der Waals surface area (Å²) in [5.41, 5.74) is 10.8. The highest BCUT2D eigenvalue weighted by Crippen LogP contribution is 2.08. The molecule has 0 saturated heterocycles. The van der Waals surface area contributed by atoms with Gasteiger partial charge in [-0.15, -0.1) is 0 Å². The van der Waals surface area contributed by atoms with Gasteiger partial charge in [-0.3, -0.25) is 4.79 Å². The van der Waals surface area contributed by atoms with E-state index in [1.807, 2.05) is 30.3 Å². The molecule has 0 radical (unpaired) electrons. The maximum Gasteiger partial charge on any atom is 0.326 e. The highest BCUT2D eigenvalue weighted by molar-refractivity contribution is 5.78. The fourth-order valence-electron chi connectivity index (χ4n) is 1.59. The number of ether oxygens (including phenoxy) is 1. The van der Waals surface area contributed by atoms with Crippen LogP contribution in [0.2, 0.25) is 0 Å². The van der Waals surface area contributed by atoms with E-state index < -0.39 is 11.5 Å². The van der Waals surface area contributed by atoms with Gasteiger partial charge < -0.3 is 21.3 Å². The standard InChI is InChI=1S/C13H20N2O3/c14-8-7-13(15,12(16)17)10-18-9-6-11-4-2-1-3-5-11/h1-5H,6-10,14-15H2,(H,16,17). The van der Waals surface area contributed by atoms with E-state index in [0.717, 1.165) is 12.0 Å². The summed E-state index contributed by atoms with van der Waals surface area (Å²) in [6.07, 6.45) is 0.937. The third-order valence-corrected chi connectivity index (χ3v) is 2.75. The molecule has 0 aliphatic heterocycles. The minimum absolute atomic E-state index is 0.0215. The lowest BCUT2D eigenvalue weighted by Crippen LogP contribution is -2.53. The second kappa shape index (κ2) is 7.10. The third kappa shape index (κ3) is 4.44. The van der Waals surface area contributed by atoms with E-state index in [1.54, 1.807) is 0 Å². The van der Waals surface area contributed by atoms with Gasteiger partial charge in [-0.1, -0.05) is 30.3 Å². The van der Waals surface area contributed by atoms with Gasteiger partial charge in [0.15, 0.2) is 0 Å². The van der Waals surface area contributed by atoms with E-state index in [4.69, 9.17) is 21.3 Å². The Morgan fingerprint density at radius 3 is 2.56 bits per heavy atom. The molecule has 0 saturated carbocycles. The number of carboxylic acid groups (broad SMARTS) is 1. The van der Waals surface area contributed by atoms with Gasteiger partial charge in [0.05, 0.1) is 13.2 Å². The second-order valence-electron chi connectivity index (χ2n) is 4.29. The summed E-state index contributed by atoms with van der Waals surface area (Å²) in [5.74, 6) is -1.08. The zero-order valence-corrected chi connectivity index (χ0v) is 10.3. The van der Waals surface area contributed by atoms with Crippen LogP contribution in [0.3, 0.4) is 0 Å². The largest absolute Gasteiger partial charge is 0.480 e. The van der Waals surface area contributed by atoms with Gasteiger partial charge in [0, 0.05) is 0 Å². The quantitative estimate of drug-likeness (QED) is 0.581. The maximum absolute atomic E-state index is 11.0. The van der Waals surface area contributed by atoms with Crippen molar-refractivity contribution in [2.45, 2.75) is 18.4 Å². The van der Waals surface area contributed by atoms with Crippen molar-refractivity contribution in [2.24, 2.45) is 11.5 Å². The Morgan fingerprint density at radius 2 is 2.00 bits per heavy atom. The van der Waals surface area contributed by atoms with Gasteiger partial charge in [0.2, 0.25) is 0 Å². The van der Waals surface area contributed by atoms with Crippen molar-refractivity contribution in [3.8, 4) is 0 Å². The van der Waals surface area contributed by atoms with E-state index in [2.05, 4.69) is 0 Å². The summed E-state index contributed by atoms with van der Waals surface area (Å²) in [6, 6.07) is 9.84.